The van der Waals surface area contributed by atoms with E-state index in [9.17, 15) is 28.8 Å². The van der Waals surface area contributed by atoms with E-state index in [1.807, 2.05) is 12.5 Å². The smallest absolute Gasteiger partial charge is 0.346 e. The van der Waals surface area contributed by atoms with Gasteiger partial charge >= 0.3 is 11.3 Å². The van der Waals surface area contributed by atoms with E-state index in [0.717, 1.165) is 5.56 Å². The number of rotatable bonds is 27. The van der Waals surface area contributed by atoms with Crippen LogP contribution >= 0.6 is 10.9 Å². The molecule has 1 rings (SSSR count). The number of hydrogen-bond donors (Lipinski definition) is 6. The number of primary amides is 1. The van der Waals surface area contributed by atoms with Crippen molar-refractivity contribution in [2.24, 2.45) is 11.7 Å². The molecule has 5 amide bonds. The summed E-state index contributed by atoms with van der Waals surface area (Å²) in [4.78, 5) is 73.0. The number of nitrogens with one attached hydrogen (secondary N) is 4. The summed E-state index contributed by atoms with van der Waals surface area (Å²) >= 11 is 0. The van der Waals surface area contributed by atoms with E-state index in [-0.39, 0.29) is 56.2 Å². The molecule has 2 atom stereocenters. The average molecular weight is 744 g/mol. The zero-order chi connectivity index (χ0) is 38.0. The van der Waals surface area contributed by atoms with Crippen molar-refractivity contribution in [3.05, 3.63) is 29.8 Å². The number of carbonyl (C=O) groups is 6. The maximum atomic E-state index is 13.3. The lowest BCUT2D eigenvalue weighted by Crippen LogP contribution is -2.54. The van der Waals surface area contributed by atoms with Crippen molar-refractivity contribution >= 4 is 51.4 Å². The molecular weight excluding hydrogens is 686 g/mol. The molecule has 0 saturated carbocycles. The molecule has 0 bridgehead atoms. The maximum absolute atomic E-state index is 13.3. The van der Waals surface area contributed by atoms with E-state index >= 15 is 0 Å². The maximum Gasteiger partial charge on any atom is 0.346 e. The number of nitrogens with two attached hydrogens (primary N) is 1. The summed E-state index contributed by atoms with van der Waals surface area (Å²) in [5, 5.41) is 10.5. The van der Waals surface area contributed by atoms with E-state index in [0.29, 0.717) is 58.2 Å². The molecule has 0 aliphatic rings. The van der Waals surface area contributed by atoms with Crippen LogP contribution in [0.3, 0.4) is 0 Å². The largest absolute Gasteiger partial charge is 0.454 e. The molecule has 0 aromatic heterocycles. The monoisotopic (exact) mass is 743 g/mol. The first kappa shape index (κ1) is 45.3. The summed E-state index contributed by atoms with van der Waals surface area (Å²) in [7, 11) is -0.852. The van der Waals surface area contributed by atoms with Crippen LogP contribution < -0.4 is 27.0 Å². The SMILES string of the molecule is CC(=O)CCOCCOCCOCCOCCC(=O)N[C@H](C(=O)N[C@@H](CCCNC(N)=O)C(=O)Nc1ccc(COC(=O)[SH](C)C)cc1)C(C)C. The second-order valence-electron chi connectivity index (χ2n) is 12.1. The average Bonchev–Trinajstić information content (AvgIpc) is 3.07. The summed E-state index contributed by atoms with van der Waals surface area (Å²) in [6.45, 7) is 8.02. The van der Waals surface area contributed by atoms with Gasteiger partial charge in [-0.25, -0.2) is 9.59 Å². The Labute approximate surface area is 303 Å². The van der Waals surface area contributed by atoms with Crippen LogP contribution in [0.25, 0.3) is 0 Å². The van der Waals surface area contributed by atoms with E-state index in [2.05, 4.69) is 21.3 Å². The Morgan fingerprint density at radius 3 is 1.82 bits per heavy atom. The Bertz CT molecular complexity index is 1220. The fourth-order valence-electron chi connectivity index (χ4n) is 4.16. The van der Waals surface area contributed by atoms with E-state index in [1.165, 1.54) is 6.92 Å². The third-order valence-electron chi connectivity index (χ3n) is 7.00. The van der Waals surface area contributed by atoms with E-state index in [1.54, 1.807) is 38.1 Å². The predicted octanol–water partition coefficient (Wildman–Crippen LogP) is 2.03. The number of urea groups is 1. The molecule has 51 heavy (non-hydrogen) atoms. The topological polar surface area (TPSA) is 223 Å². The lowest BCUT2D eigenvalue weighted by Gasteiger charge is -2.25. The van der Waals surface area contributed by atoms with Gasteiger partial charge in [-0.3, -0.25) is 19.2 Å². The van der Waals surface area contributed by atoms with Gasteiger partial charge in [0.2, 0.25) is 17.7 Å². The summed E-state index contributed by atoms with van der Waals surface area (Å²) < 4.78 is 26.8. The fraction of sp³-hybridized carbons (Fsp3) is 0.647. The number of benzene rings is 1. The van der Waals surface area contributed by atoms with Crippen LogP contribution in [0.4, 0.5) is 15.3 Å². The van der Waals surface area contributed by atoms with Gasteiger partial charge in [0.25, 0.3) is 0 Å². The van der Waals surface area contributed by atoms with Crippen LogP contribution in [0.5, 0.6) is 0 Å². The number of thiol groups is 1. The molecule has 16 nitrogen and oxygen atoms in total. The molecule has 0 aliphatic heterocycles. The van der Waals surface area contributed by atoms with Crippen molar-refractivity contribution in [2.75, 3.05) is 77.2 Å². The minimum absolute atomic E-state index is 0.0134. The quantitative estimate of drug-likeness (QED) is 0.0435. The number of carbonyl (C=O) groups excluding carboxylic acids is 6. The number of Topliss-reactive ketones (excluding diaryl/α,β-unsaturated/α-hetero) is 1. The highest BCUT2D eigenvalue weighted by molar-refractivity contribution is 8.28. The van der Waals surface area contributed by atoms with Gasteiger partial charge in [-0.2, -0.15) is 10.9 Å². The first-order chi connectivity index (χ1) is 24.3. The summed E-state index contributed by atoms with van der Waals surface area (Å²) in [5.74, 6) is -1.63. The molecule has 17 heteroatoms. The predicted molar refractivity (Wildman–Crippen MR) is 195 cm³/mol. The van der Waals surface area contributed by atoms with Gasteiger partial charge in [0.1, 0.15) is 24.5 Å². The summed E-state index contributed by atoms with van der Waals surface area (Å²) in [5.41, 5.74) is 6.36. The third kappa shape index (κ3) is 22.6. The van der Waals surface area contributed by atoms with Gasteiger partial charge in [0.05, 0.1) is 52.9 Å². The van der Waals surface area contributed by atoms with Crippen LogP contribution in [0.2, 0.25) is 0 Å². The van der Waals surface area contributed by atoms with Crippen LogP contribution in [0.15, 0.2) is 24.3 Å². The number of ether oxygens (including phenoxy) is 5. The highest BCUT2D eigenvalue weighted by Gasteiger charge is 2.28. The lowest BCUT2D eigenvalue weighted by atomic mass is 10.0. The molecule has 0 aliphatic carbocycles. The van der Waals surface area contributed by atoms with Crippen LogP contribution in [-0.4, -0.2) is 119 Å². The zero-order valence-corrected chi connectivity index (χ0v) is 31.4. The van der Waals surface area contributed by atoms with Gasteiger partial charge in [-0.15, -0.1) is 0 Å². The van der Waals surface area contributed by atoms with Gasteiger partial charge < -0.3 is 50.7 Å². The second-order valence-corrected chi connectivity index (χ2v) is 14.2. The van der Waals surface area contributed by atoms with Gasteiger partial charge in [0.15, 0.2) is 0 Å². The van der Waals surface area contributed by atoms with Gasteiger partial charge in [-0.05, 0) is 55.9 Å². The minimum atomic E-state index is -0.987. The number of hydrogen-bond acceptors (Lipinski definition) is 11. The lowest BCUT2D eigenvalue weighted by molar-refractivity contribution is -0.132. The molecule has 0 heterocycles. The summed E-state index contributed by atoms with van der Waals surface area (Å²) in [6, 6.07) is 4.15. The molecule has 0 saturated heterocycles. The Morgan fingerprint density at radius 2 is 1.31 bits per heavy atom. The molecule has 290 valence electrons. The van der Waals surface area contributed by atoms with Crippen molar-refractivity contribution < 1.29 is 52.5 Å². The highest BCUT2D eigenvalue weighted by Crippen LogP contribution is 2.19. The molecular formula is C34H57N5O11S. The van der Waals surface area contributed by atoms with Crippen molar-refractivity contribution in [1.29, 1.82) is 0 Å². The molecule has 0 spiro atoms. The Balaban J connectivity index is 2.54. The normalized spacial score (nSPS) is 12.4. The Kier molecular flexibility index (Phi) is 23.9. The van der Waals surface area contributed by atoms with E-state index < -0.39 is 46.7 Å². The van der Waals surface area contributed by atoms with Gasteiger partial charge in [0, 0.05) is 25.1 Å². The standard InChI is InChI=1S/C34H57N5O11S/c1-24(2)30(39-29(41)13-16-47-18-20-49-22-21-48-19-17-46-15-12-25(3)40)32(43)38-28(7-6-14-36-33(35)44)31(42)37-27-10-8-26(9-11-27)23-50-34(45)51(4)5/h8-11,24,28,30,51H,6-7,12-23H2,1-5H3,(H,37,42)(H,38,43)(H,39,41)(H3,35,36,44)/t28-,30-/m0/s1. The Hall–Kier alpha value is -3.77. The Morgan fingerprint density at radius 1 is 0.765 bits per heavy atom. The van der Waals surface area contributed by atoms with Crippen molar-refractivity contribution in [3.63, 3.8) is 0 Å². The molecule has 0 unspecified atom stereocenters. The molecule has 1 aromatic carbocycles. The second kappa shape index (κ2) is 27.0. The number of ketones is 1. The van der Waals surface area contributed by atoms with Crippen molar-refractivity contribution in [1.82, 2.24) is 16.0 Å². The van der Waals surface area contributed by atoms with Crippen molar-refractivity contribution in [2.45, 2.75) is 65.1 Å². The van der Waals surface area contributed by atoms with Crippen LogP contribution in [-0.2, 0) is 49.5 Å². The van der Waals surface area contributed by atoms with Crippen LogP contribution in [0.1, 0.15) is 52.0 Å². The third-order valence-corrected chi connectivity index (χ3v) is 7.86. The zero-order valence-electron chi connectivity index (χ0n) is 30.5. The molecule has 0 radical (unpaired) electrons. The molecule has 1 aromatic rings. The highest BCUT2D eigenvalue weighted by atomic mass is 32.2. The number of amides is 5. The van der Waals surface area contributed by atoms with Gasteiger partial charge in [-0.1, -0.05) is 26.0 Å². The first-order valence-electron chi connectivity index (χ1n) is 17.0. The summed E-state index contributed by atoms with van der Waals surface area (Å²) in [6.07, 6.45) is 4.54. The number of anilines is 1. The van der Waals surface area contributed by atoms with E-state index in [4.69, 9.17) is 29.4 Å². The molecule has 0 fully saturated rings. The first-order valence-corrected chi connectivity index (χ1v) is 19.2. The molecule has 6 N–H and O–H groups in total. The van der Waals surface area contributed by atoms with Crippen LogP contribution in [0, 0.1) is 5.92 Å². The fourth-order valence-corrected chi connectivity index (χ4v) is 4.48. The minimum Gasteiger partial charge on any atom is -0.454 e. The van der Waals surface area contributed by atoms with Crippen molar-refractivity contribution in [3.8, 4) is 0 Å².